The number of imidazole rings is 1. The zero-order valence-electron chi connectivity index (χ0n) is 74.3. The van der Waals surface area contributed by atoms with Crippen molar-refractivity contribution in [1.82, 2.24) is 19.4 Å². The van der Waals surface area contributed by atoms with Crippen molar-refractivity contribution in [2.75, 3.05) is 19.7 Å². The molecule has 2 aliphatic rings. The van der Waals surface area contributed by atoms with E-state index in [2.05, 4.69) is 189 Å². The molecule has 8 aromatic rings. The number of carbonyl (C=O) groups excluding carboxylic acids is 2. The summed E-state index contributed by atoms with van der Waals surface area (Å²) in [6.45, 7) is 35.3. The number of fused-ring (bicyclic) bond motifs is 4. The van der Waals surface area contributed by atoms with Gasteiger partial charge in [-0.05, 0) is 135 Å². The number of carbonyl (C=O) groups is 2. The third kappa shape index (κ3) is 26.5. The summed E-state index contributed by atoms with van der Waals surface area (Å²) in [5.41, 5.74) is 7.53. The Balaban J connectivity index is 1.03. The SMILES string of the molecule is C=Cc1c(SC(C)(C)C)c2sc(-c3ccc(-c4ccc(C5=C6C(=O)N(CC(CCCCCC)CCCCCCCC)C(c7ccc(-c8ccc(C(C)(C)C)s8)s7)=C6C(=O)N5CC(CCCCCC)CCCCCCCC)s4)s3)cc2c2nc(-c3ccc(OCCCCCCCCCCCC)cc3)n(CCCCCCCCCCCC)c12. The predicted molar refractivity (Wildman–Crippen MR) is 516 cm³/mol. The Labute approximate surface area is 728 Å². The van der Waals surface area contributed by atoms with Crippen molar-refractivity contribution in [3.05, 3.63) is 117 Å². The molecule has 116 heavy (non-hydrogen) atoms. The van der Waals surface area contributed by atoms with E-state index in [4.69, 9.17) is 9.72 Å². The van der Waals surface area contributed by atoms with Crippen molar-refractivity contribution in [1.29, 1.82) is 0 Å². The first-order valence-electron chi connectivity index (χ1n) is 47.0. The Kier molecular flexibility index (Phi) is 39.1. The molecule has 10 rings (SSSR count). The van der Waals surface area contributed by atoms with Gasteiger partial charge in [-0.3, -0.25) is 9.59 Å². The Morgan fingerprint density at radius 1 is 0.431 bits per heavy atom. The summed E-state index contributed by atoms with van der Waals surface area (Å²) in [7, 11) is 0. The van der Waals surface area contributed by atoms with Crippen molar-refractivity contribution < 1.29 is 14.3 Å². The van der Waals surface area contributed by atoms with Crippen LogP contribution in [-0.2, 0) is 21.5 Å². The maximum atomic E-state index is 16.5. The van der Waals surface area contributed by atoms with Crippen LogP contribution in [0, 0.1) is 11.8 Å². The fourth-order valence-electron chi connectivity index (χ4n) is 17.5. The highest BCUT2D eigenvalue weighted by molar-refractivity contribution is 8.01. The normalized spacial score (nSPS) is 14.1. The number of rotatable bonds is 59. The molecule has 636 valence electrons. The van der Waals surface area contributed by atoms with Crippen LogP contribution in [0.15, 0.2) is 101 Å². The molecule has 0 saturated heterocycles. The first-order valence-corrected chi connectivity index (χ1v) is 51.9. The Morgan fingerprint density at radius 2 is 0.802 bits per heavy atom. The number of hydrogen-bond acceptors (Lipinski definition) is 10. The topological polar surface area (TPSA) is 67.7 Å². The van der Waals surface area contributed by atoms with E-state index in [0.29, 0.717) is 36.1 Å². The van der Waals surface area contributed by atoms with Crippen molar-refractivity contribution in [2.45, 2.75) is 387 Å². The zero-order valence-corrected chi connectivity index (χ0v) is 79.2. The number of hydrogen-bond donors (Lipinski definition) is 0. The van der Waals surface area contributed by atoms with E-state index in [-0.39, 0.29) is 22.0 Å². The molecule has 0 fully saturated rings. The van der Waals surface area contributed by atoms with E-state index in [1.54, 1.807) is 22.7 Å². The minimum absolute atomic E-state index is 0.0167. The van der Waals surface area contributed by atoms with Crippen LogP contribution >= 0.6 is 68.4 Å². The molecule has 2 amide bonds. The molecule has 0 bridgehead atoms. The van der Waals surface area contributed by atoms with Gasteiger partial charge in [0.15, 0.2) is 0 Å². The van der Waals surface area contributed by atoms with Gasteiger partial charge in [0.2, 0.25) is 0 Å². The summed E-state index contributed by atoms with van der Waals surface area (Å²) in [6, 6.07) is 29.6. The van der Waals surface area contributed by atoms with E-state index in [9.17, 15) is 0 Å². The average molecular weight is 1680 g/mol. The largest absolute Gasteiger partial charge is 0.494 e. The lowest BCUT2D eigenvalue weighted by Gasteiger charge is -2.29. The third-order valence-electron chi connectivity index (χ3n) is 24.2. The minimum atomic E-state index is -0.0693. The Hall–Kier alpha value is -5.02. The monoisotopic (exact) mass is 1680 g/mol. The van der Waals surface area contributed by atoms with E-state index in [1.807, 2.05) is 45.8 Å². The summed E-state index contributed by atoms with van der Waals surface area (Å²) < 4.78 is 10.2. The minimum Gasteiger partial charge on any atom is -0.494 e. The molecule has 2 atom stereocenters. The maximum Gasteiger partial charge on any atom is 0.261 e. The second kappa shape index (κ2) is 48.6. The number of unbranched alkanes of at least 4 members (excludes halogenated alkanes) is 34. The van der Waals surface area contributed by atoms with Crippen LogP contribution in [0.3, 0.4) is 0 Å². The fourth-order valence-corrected chi connectivity index (χ4v) is 24.5. The molecular weight excluding hydrogens is 1530 g/mol. The standard InChI is InChI=1S/C103H150N4O3S6/c1-14-21-27-33-37-39-41-43-47-53-71-105-94-80(20-7)98(116-103(11,12)13)97-81(93(94)104-99(105)78-59-61-79(62-60-78)110-72-54-48-44-42-40-38-34-28-22-15-2)73-89(115-97)86-64-63-82(111-86)83-65-67-87(112-83)95-91-92(101(109)106(95)74-76(55-49-31-25-18-5)57-51-45-35-29-23-16-3)96(88-68-66-84(113-88)85-69-70-90(114-85)102(8,9)10)107(100(91)108)75-77(56-50-32-26-19-6)58-52-46-36-30-24-17-4/h20,59-70,73,76-77H,7,14-19,21-58,71-72,74-75H2,1-6,8-13H3. The van der Waals surface area contributed by atoms with Gasteiger partial charge < -0.3 is 19.1 Å². The van der Waals surface area contributed by atoms with Crippen LogP contribution in [0.4, 0.5) is 0 Å². The van der Waals surface area contributed by atoms with Gasteiger partial charge in [0.25, 0.3) is 11.8 Å². The molecule has 8 heterocycles. The third-order valence-corrected chi connectivity index (χ3v) is 32.1. The van der Waals surface area contributed by atoms with Crippen molar-refractivity contribution >= 4 is 119 Å². The summed E-state index contributed by atoms with van der Waals surface area (Å²) >= 11 is 11.1. The van der Waals surface area contributed by atoms with Gasteiger partial charge in [0.05, 0.1) is 54.6 Å². The number of benzene rings is 2. The molecule has 2 unspecified atom stereocenters. The number of ether oxygens (including phenoxy) is 1. The highest BCUT2D eigenvalue weighted by atomic mass is 32.2. The number of aryl methyl sites for hydroxylation is 1. The second-order valence-corrected chi connectivity index (χ2v) is 43.5. The molecule has 0 aliphatic carbocycles. The Morgan fingerprint density at radius 3 is 1.22 bits per heavy atom. The number of thioether (sulfide) groups is 1. The molecule has 0 spiro atoms. The molecular formula is C103H150N4O3S6. The van der Waals surface area contributed by atoms with Gasteiger partial charge in [0, 0.05) is 79.9 Å². The van der Waals surface area contributed by atoms with Crippen LogP contribution < -0.4 is 4.74 Å². The van der Waals surface area contributed by atoms with Crippen molar-refractivity contribution in [3.8, 4) is 46.4 Å². The summed E-state index contributed by atoms with van der Waals surface area (Å²) in [5.74, 6) is 2.64. The number of thiophene rings is 5. The fraction of sp³-hybridized carbons (Fsp3) is 0.621. The molecule has 7 nitrogen and oxygen atoms in total. The first-order chi connectivity index (χ1) is 56.4. The van der Waals surface area contributed by atoms with E-state index >= 15 is 9.59 Å². The van der Waals surface area contributed by atoms with Crippen LogP contribution in [-0.4, -0.2) is 55.6 Å². The summed E-state index contributed by atoms with van der Waals surface area (Å²) in [4.78, 5) is 55.1. The smallest absolute Gasteiger partial charge is 0.261 e. The predicted octanol–water partition coefficient (Wildman–Crippen LogP) is 34.7. The molecule has 0 radical (unpaired) electrons. The van der Waals surface area contributed by atoms with E-state index in [0.717, 1.165) is 107 Å². The molecule has 2 aromatic carbocycles. The maximum absolute atomic E-state index is 16.5. The lowest BCUT2D eigenvalue weighted by Crippen LogP contribution is -2.34. The van der Waals surface area contributed by atoms with Crippen LogP contribution in [0.5, 0.6) is 5.75 Å². The lowest BCUT2D eigenvalue weighted by atomic mass is 9.93. The van der Waals surface area contributed by atoms with Crippen molar-refractivity contribution in [3.63, 3.8) is 0 Å². The molecule has 6 aromatic heterocycles. The number of amides is 2. The van der Waals surface area contributed by atoms with Crippen LogP contribution in [0.25, 0.3) is 79.2 Å². The first kappa shape index (κ1) is 93.3. The number of aromatic nitrogens is 2. The number of nitrogens with zero attached hydrogens (tertiary/aromatic N) is 4. The lowest BCUT2D eigenvalue weighted by molar-refractivity contribution is -0.124. The van der Waals surface area contributed by atoms with Gasteiger partial charge in [-0.15, -0.1) is 68.4 Å². The van der Waals surface area contributed by atoms with Gasteiger partial charge >= 0.3 is 0 Å². The molecule has 0 saturated carbocycles. The summed E-state index contributed by atoms with van der Waals surface area (Å²) in [5, 5.41) is 1.20. The van der Waals surface area contributed by atoms with E-state index in [1.165, 1.54) is 293 Å². The zero-order chi connectivity index (χ0) is 82.2. The molecule has 0 N–H and O–H groups in total. The van der Waals surface area contributed by atoms with Crippen LogP contribution in [0.2, 0.25) is 0 Å². The average Bonchev–Trinajstić information content (AvgIpc) is 1.56. The summed E-state index contributed by atoms with van der Waals surface area (Å²) in [6.07, 6.45) is 57.1. The Bertz CT molecular complexity index is 4340. The van der Waals surface area contributed by atoms with Gasteiger partial charge in [-0.1, -0.05) is 340 Å². The quantitative estimate of drug-likeness (QED) is 0.0281. The van der Waals surface area contributed by atoms with Gasteiger partial charge in [0.1, 0.15) is 11.6 Å². The van der Waals surface area contributed by atoms with Crippen molar-refractivity contribution in [2.24, 2.45) is 11.8 Å². The highest BCUT2D eigenvalue weighted by Gasteiger charge is 2.50. The van der Waals surface area contributed by atoms with E-state index < -0.39 is 0 Å². The van der Waals surface area contributed by atoms with Gasteiger partial charge in [-0.25, -0.2) is 4.98 Å². The highest BCUT2D eigenvalue weighted by Crippen LogP contribution is 2.54. The van der Waals surface area contributed by atoms with Crippen LogP contribution in [0.1, 0.15) is 386 Å². The second-order valence-electron chi connectivity index (χ2n) is 36.3. The molecule has 2 aliphatic heterocycles. The van der Waals surface area contributed by atoms with Gasteiger partial charge in [-0.2, -0.15) is 0 Å². The molecule has 13 heteroatoms.